The maximum Gasteiger partial charge on any atom is 0.277 e. The first-order valence-corrected chi connectivity index (χ1v) is 11.0. The molecule has 0 unspecified atom stereocenters. The van der Waals surface area contributed by atoms with Crippen molar-refractivity contribution in [2.45, 2.75) is 44.6 Å². The van der Waals surface area contributed by atoms with E-state index in [2.05, 4.69) is 30.6 Å². The molecule has 1 N–H and O–H groups in total. The zero-order valence-electron chi connectivity index (χ0n) is 18.0. The average molecular weight is 451 g/mol. The number of aromatic nitrogens is 5. The molecule has 1 amide bonds. The molecule has 0 radical (unpaired) electrons. The highest BCUT2D eigenvalue weighted by Gasteiger charge is 2.14. The van der Waals surface area contributed by atoms with E-state index in [9.17, 15) is 4.79 Å². The summed E-state index contributed by atoms with van der Waals surface area (Å²) in [5.41, 5.74) is 4.91. The number of carbonyl (C=O) groups excluding carboxylic acids is 1. The van der Waals surface area contributed by atoms with E-state index in [0.717, 1.165) is 22.4 Å². The van der Waals surface area contributed by atoms with Gasteiger partial charge in [-0.3, -0.25) is 9.78 Å². The third-order valence-corrected chi connectivity index (χ3v) is 5.49. The van der Waals surface area contributed by atoms with Crippen LogP contribution in [0.3, 0.4) is 0 Å². The molecule has 164 valence electrons. The Bertz CT molecular complexity index is 1200. The van der Waals surface area contributed by atoms with Crippen molar-refractivity contribution in [1.82, 2.24) is 25.3 Å². The number of hydrogen-bond donors (Lipinski definition) is 1. The quantitative estimate of drug-likeness (QED) is 0.392. The lowest BCUT2D eigenvalue weighted by Crippen LogP contribution is -2.14. The second-order valence-corrected chi connectivity index (χ2v) is 8.25. The molecule has 1 aromatic carbocycles. The van der Waals surface area contributed by atoms with Gasteiger partial charge in [-0.05, 0) is 44.0 Å². The first-order chi connectivity index (χ1) is 15.5. The predicted octanol–water partition coefficient (Wildman–Crippen LogP) is 4.30. The van der Waals surface area contributed by atoms with Crippen molar-refractivity contribution in [2.75, 3.05) is 5.32 Å². The van der Waals surface area contributed by atoms with Gasteiger partial charge in [0.2, 0.25) is 17.7 Å². The molecule has 32 heavy (non-hydrogen) atoms. The molecule has 4 aromatic rings. The summed E-state index contributed by atoms with van der Waals surface area (Å²) >= 11 is 1.31. The molecule has 0 saturated carbocycles. The maximum absolute atomic E-state index is 12.4. The normalized spacial score (nSPS) is 11.0. The van der Waals surface area contributed by atoms with E-state index in [1.54, 1.807) is 24.5 Å². The van der Waals surface area contributed by atoms with Crippen molar-refractivity contribution in [3.05, 3.63) is 65.1 Å². The molecular formula is C22H22N6O3S. The summed E-state index contributed by atoms with van der Waals surface area (Å²) in [7, 11) is 0. The van der Waals surface area contributed by atoms with Gasteiger partial charge in [-0.2, -0.15) is 4.98 Å². The number of anilines is 1. The Labute approximate surface area is 189 Å². The van der Waals surface area contributed by atoms with Crippen LogP contribution in [-0.2, 0) is 17.0 Å². The largest absolute Gasteiger partial charge is 0.411 e. The third-order valence-electron chi connectivity index (χ3n) is 4.68. The van der Waals surface area contributed by atoms with Crippen LogP contribution in [0.1, 0.15) is 34.8 Å². The maximum atomic E-state index is 12.4. The standard InChI is InChI=1S/C22H22N6O3S/c1-13-10-14(2)20(15(3)11-13)25-18(29)4-5-19-24-17(28-31-19)12-32-22-27-26-21(30-22)16-6-8-23-9-7-16/h6-11H,4-5,12H2,1-3H3,(H,25,29). The Kier molecular flexibility index (Phi) is 6.60. The summed E-state index contributed by atoms with van der Waals surface area (Å²) in [6.07, 6.45) is 3.94. The number of rotatable bonds is 8. The Morgan fingerprint density at radius 3 is 2.59 bits per heavy atom. The molecule has 4 rings (SSSR count). The first-order valence-electron chi connectivity index (χ1n) is 10.0. The van der Waals surface area contributed by atoms with Crippen LogP contribution in [0.25, 0.3) is 11.5 Å². The molecule has 0 bridgehead atoms. The number of benzene rings is 1. The molecule has 0 atom stereocenters. The van der Waals surface area contributed by atoms with Gasteiger partial charge in [0, 0.05) is 36.5 Å². The molecular weight excluding hydrogens is 428 g/mol. The van der Waals surface area contributed by atoms with Gasteiger partial charge in [0.15, 0.2) is 5.82 Å². The smallest absolute Gasteiger partial charge is 0.277 e. The highest BCUT2D eigenvalue weighted by Crippen LogP contribution is 2.25. The molecule has 0 aliphatic carbocycles. The first kappa shape index (κ1) is 21.7. The zero-order chi connectivity index (χ0) is 22.5. The number of pyridine rings is 1. The second-order valence-electron chi connectivity index (χ2n) is 7.32. The van der Waals surface area contributed by atoms with Crippen molar-refractivity contribution in [3.63, 3.8) is 0 Å². The van der Waals surface area contributed by atoms with Gasteiger partial charge in [0.25, 0.3) is 5.22 Å². The van der Waals surface area contributed by atoms with Gasteiger partial charge in [-0.25, -0.2) is 0 Å². The molecule has 0 saturated heterocycles. The average Bonchev–Trinajstić information content (AvgIpc) is 3.43. The van der Waals surface area contributed by atoms with Gasteiger partial charge >= 0.3 is 0 Å². The van der Waals surface area contributed by atoms with E-state index in [-0.39, 0.29) is 12.3 Å². The molecule has 0 aliphatic rings. The van der Waals surface area contributed by atoms with Gasteiger partial charge in [0.05, 0.1) is 5.75 Å². The Morgan fingerprint density at radius 2 is 1.84 bits per heavy atom. The van der Waals surface area contributed by atoms with Crippen molar-refractivity contribution in [3.8, 4) is 11.5 Å². The fourth-order valence-corrected chi connectivity index (χ4v) is 3.86. The van der Waals surface area contributed by atoms with E-state index in [0.29, 0.717) is 35.0 Å². The van der Waals surface area contributed by atoms with Crippen molar-refractivity contribution in [2.24, 2.45) is 0 Å². The van der Waals surface area contributed by atoms with Crippen LogP contribution in [0.2, 0.25) is 0 Å². The number of thioether (sulfide) groups is 1. The Hall–Kier alpha value is -3.53. The highest BCUT2D eigenvalue weighted by atomic mass is 32.2. The van der Waals surface area contributed by atoms with E-state index in [4.69, 9.17) is 8.94 Å². The van der Waals surface area contributed by atoms with Gasteiger partial charge in [-0.15, -0.1) is 10.2 Å². The van der Waals surface area contributed by atoms with Crippen molar-refractivity contribution < 1.29 is 13.7 Å². The minimum absolute atomic E-state index is 0.0938. The molecule has 3 aromatic heterocycles. The fourth-order valence-electron chi connectivity index (χ4n) is 3.26. The van der Waals surface area contributed by atoms with E-state index in [1.807, 2.05) is 32.9 Å². The summed E-state index contributed by atoms with van der Waals surface area (Å²) in [5.74, 6) is 1.66. The topological polar surface area (TPSA) is 120 Å². The van der Waals surface area contributed by atoms with Crippen LogP contribution in [0, 0.1) is 20.8 Å². The summed E-state index contributed by atoms with van der Waals surface area (Å²) in [5, 5.41) is 15.4. The lowest BCUT2D eigenvalue weighted by atomic mass is 10.0. The number of nitrogens with one attached hydrogen (secondary N) is 1. The van der Waals surface area contributed by atoms with Crippen LogP contribution in [0.4, 0.5) is 5.69 Å². The number of amides is 1. The monoisotopic (exact) mass is 450 g/mol. The van der Waals surface area contributed by atoms with Crippen molar-refractivity contribution >= 4 is 23.4 Å². The number of hydrogen-bond acceptors (Lipinski definition) is 9. The molecule has 10 heteroatoms. The lowest BCUT2D eigenvalue weighted by Gasteiger charge is -2.12. The minimum Gasteiger partial charge on any atom is -0.411 e. The molecule has 9 nitrogen and oxygen atoms in total. The molecule has 0 spiro atoms. The summed E-state index contributed by atoms with van der Waals surface area (Å²) in [4.78, 5) is 20.7. The van der Waals surface area contributed by atoms with Crippen LogP contribution < -0.4 is 5.32 Å². The summed E-state index contributed by atoms with van der Waals surface area (Å²) < 4.78 is 10.9. The highest BCUT2D eigenvalue weighted by molar-refractivity contribution is 7.98. The third kappa shape index (κ3) is 5.38. The minimum atomic E-state index is -0.0938. The molecule has 0 aliphatic heterocycles. The van der Waals surface area contributed by atoms with Crippen molar-refractivity contribution in [1.29, 1.82) is 0 Å². The lowest BCUT2D eigenvalue weighted by molar-refractivity contribution is -0.116. The van der Waals surface area contributed by atoms with Crippen LogP contribution >= 0.6 is 11.8 Å². The van der Waals surface area contributed by atoms with Crippen LogP contribution in [-0.4, -0.2) is 31.2 Å². The van der Waals surface area contributed by atoms with Gasteiger partial charge < -0.3 is 14.3 Å². The van der Waals surface area contributed by atoms with Gasteiger partial charge in [-0.1, -0.05) is 34.6 Å². The van der Waals surface area contributed by atoms with Crippen LogP contribution in [0.5, 0.6) is 0 Å². The summed E-state index contributed by atoms with van der Waals surface area (Å²) in [6, 6.07) is 7.69. The zero-order valence-corrected chi connectivity index (χ0v) is 18.8. The molecule has 3 heterocycles. The van der Waals surface area contributed by atoms with Crippen LogP contribution in [0.15, 0.2) is 50.8 Å². The Morgan fingerprint density at radius 1 is 1.09 bits per heavy atom. The number of carbonyl (C=O) groups is 1. The predicted molar refractivity (Wildman–Crippen MR) is 119 cm³/mol. The fraction of sp³-hybridized carbons (Fsp3) is 0.273. The number of aryl methyl sites for hydroxylation is 4. The van der Waals surface area contributed by atoms with E-state index >= 15 is 0 Å². The SMILES string of the molecule is Cc1cc(C)c(NC(=O)CCc2nc(CSc3nnc(-c4ccncc4)o3)no2)c(C)c1. The Balaban J connectivity index is 1.27. The molecule has 0 fully saturated rings. The number of nitrogens with zero attached hydrogens (tertiary/aromatic N) is 5. The summed E-state index contributed by atoms with van der Waals surface area (Å²) in [6.45, 7) is 6.01. The second kappa shape index (κ2) is 9.73. The van der Waals surface area contributed by atoms with E-state index in [1.165, 1.54) is 17.3 Å². The van der Waals surface area contributed by atoms with Gasteiger partial charge in [0.1, 0.15) is 0 Å². The van der Waals surface area contributed by atoms with E-state index < -0.39 is 0 Å².